The molecule has 2 aromatic rings. The van der Waals surface area contributed by atoms with E-state index in [9.17, 15) is 4.79 Å². The summed E-state index contributed by atoms with van der Waals surface area (Å²) in [5.74, 6) is 1.37. The Morgan fingerprint density at radius 3 is 2.18 bits per heavy atom. The van der Waals surface area contributed by atoms with E-state index in [1.165, 1.54) is 5.56 Å². The smallest absolute Gasteiger partial charge is 0.160 e. The molecule has 0 heterocycles. The quantitative estimate of drug-likeness (QED) is 0.763. The average Bonchev–Trinajstić information content (AvgIpc) is 2.55. The summed E-state index contributed by atoms with van der Waals surface area (Å²) in [5, 5.41) is 0. The largest absolute Gasteiger partial charge is 0.493 e. The third-order valence-electron chi connectivity index (χ3n) is 3.99. The number of benzene rings is 2. The van der Waals surface area contributed by atoms with Crippen LogP contribution in [0.2, 0.25) is 0 Å². The minimum Gasteiger partial charge on any atom is -0.493 e. The maximum atomic E-state index is 11.7. The summed E-state index contributed by atoms with van der Waals surface area (Å²) >= 11 is 0. The highest BCUT2D eigenvalue weighted by atomic mass is 16.5. The van der Waals surface area contributed by atoms with E-state index >= 15 is 0 Å². The maximum absolute atomic E-state index is 11.7. The molecule has 0 aliphatic carbocycles. The Bertz CT molecular complexity index is 646. The Labute approximate surface area is 131 Å². The summed E-state index contributed by atoms with van der Waals surface area (Å²) in [6, 6.07) is 13.9. The standard InChI is InChI=1S/C19H22O3/c1-14-5-8-16(9-6-14)19(2,13-20)12-15-7-10-17(21-3)18(11-15)22-4/h5-11,13H,12H2,1-4H3. The second-order valence-electron chi connectivity index (χ2n) is 5.77. The average molecular weight is 298 g/mol. The van der Waals surface area contributed by atoms with Gasteiger partial charge in [-0.1, -0.05) is 35.9 Å². The van der Waals surface area contributed by atoms with Crippen molar-refractivity contribution in [2.45, 2.75) is 25.7 Å². The number of rotatable bonds is 6. The molecular formula is C19H22O3. The van der Waals surface area contributed by atoms with E-state index in [1.54, 1.807) is 14.2 Å². The zero-order valence-corrected chi connectivity index (χ0v) is 13.6. The van der Waals surface area contributed by atoms with Gasteiger partial charge in [-0.15, -0.1) is 0 Å². The number of carbonyl (C=O) groups is 1. The molecule has 22 heavy (non-hydrogen) atoms. The van der Waals surface area contributed by atoms with Crippen LogP contribution < -0.4 is 9.47 Å². The molecule has 116 valence electrons. The van der Waals surface area contributed by atoms with Crippen LogP contribution in [0.15, 0.2) is 42.5 Å². The number of hydrogen-bond acceptors (Lipinski definition) is 3. The Morgan fingerprint density at radius 2 is 1.64 bits per heavy atom. The van der Waals surface area contributed by atoms with E-state index in [0.717, 1.165) is 17.4 Å². The molecule has 0 radical (unpaired) electrons. The number of aryl methyl sites for hydroxylation is 1. The molecule has 0 saturated carbocycles. The van der Waals surface area contributed by atoms with Crippen LogP contribution in [0.1, 0.15) is 23.6 Å². The van der Waals surface area contributed by atoms with Crippen LogP contribution in [0.4, 0.5) is 0 Å². The molecule has 0 amide bonds. The van der Waals surface area contributed by atoms with Gasteiger partial charge < -0.3 is 14.3 Å². The van der Waals surface area contributed by atoms with Crippen molar-refractivity contribution < 1.29 is 14.3 Å². The van der Waals surface area contributed by atoms with Gasteiger partial charge in [0.2, 0.25) is 0 Å². The lowest BCUT2D eigenvalue weighted by Crippen LogP contribution is -2.26. The highest BCUT2D eigenvalue weighted by Crippen LogP contribution is 2.32. The first-order chi connectivity index (χ1) is 10.5. The second kappa shape index (κ2) is 6.65. The Morgan fingerprint density at radius 1 is 1.00 bits per heavy atom. The van der Waals surface area contributed by atoms with Gasteiger partial charge in [0.15, 0.2) is 11.5 Å². The molecular weight excluding hydrogens is 276 g/mol. The summed E-state index contributed by atoms with van der Waals surface area (Å²) in [5.41, 5.74) is 2.67. The van der Waals surface area contributed by atoms with Crippen LogP contribution in [0.25, 0.3) is 0 Å². The van der Waals surface area contributed by atoms with Gasteiger partial charge in [0.25, 0.3) is 0 Å². The predicted octanol–water partition coefficient (Wildman–Crippen LogP) is 3.71. The van der Waals surface area contributed by atoms with E-state index in [0.29, 0.717) is 17.9 Å². The van der Waals surface area contributed by atoms with Crippen LogP contribution in [0.5, 0.6) is 11.5 Å². The lowest BCUT2D eigenvalue weighted by Gasteiger charge is -2.24. The third-order valence-corrected chi connectivity index (χ3v) is 3.99. The van der Waals surface area contributed by atoms with Crippen molar-refractivity contribution >= 4 is 6.29 Å². The van der Waals surface area contributed by atoms with E-state index < -0.39 is 5.41 Å². The summed E-state index contributed by atoms with van der Waals surface area (Å²) in [6.45, 7) is 4.00. The van der Waals surface area contributed by atoms with E-state index in [-0.39, 0.29) is 0 Å². The number of ether oxygens (including phenoxy) is 2. The fourth-order valence-electron chi connectivity index (χ4n) is 2.56. The van der Waals surface area contributed by atoms with Crippen molar-refractivity contribution in [3.63, 3.8) is 0 Å². The molecule has 3 heteroatoms. The summed E-state index contributed by atoms with van der Waals surface area (Å²) < 4.78 is 10.6. The number of carbonyl (C=O) groups excluding carboxylic acids is 1. The van der Waals surface area contributed by atoms with Crippen molar-refractivity contribution in [1.82, 2.24) is 0 Å². The topological polar surface area (TPSA) is 35.5 Å². The minimum atomic E-state index is -0.562. The van der Waals surface area contributed by atoms with Gasteiger partial charge in [-0.2, -0.15) is 0 Å². The predicted molar refractivity (Wildman–Crippen MR) is 87.8 cm³/mol. The van der Waals surface area contributed by atoms with Gasteiger partial charge >= 0.3 is 0 Å². The van der Waals surface area contributed by atoms with Crippen molar-refractivity contribution in [2.24, 2.45) is 0 Å². The molecule has 0 aromatic heterocycles. The fraction of sp³-hybridized carbons (Fsp3) is 0.316. The summed E-state index contributed by atoms with van der Waals surface area (Å²) in [6.07, 6.45) is 1.63. The lowest BCUT2D eigenvalue weighted by atomic mass is 9.78. The van der Waals surface area contributed by atoms with Crippen LogP contribution >= 0.6 is 0 Å². The number of aldehydes is 1. The Balaban J connectivity index is 2.33. The van der Waals surface area contributed by atoms with Crippen molar-refractivity contribution in [2.75, 3.05) is 14.2 Å². The molecule has 0 saturated heterocycles. The van der Waals surface area contributed by atoms with Crippen LogP contribution in [-0.4, -0.2) is 20.5 Å². The van der Waals surface area contributed by atoms with E-state index in [4.69, 9.17) is 9.47 Å². The second-order valence-corrected chi connectivity index (χ2v) is 5.77. The zero-order valence-electron chi connectivity index (χ0n) is 13.6. The van der Waals surface area contributed by atoms with Crippen molar-refractivity contribution in [3.05, 3.63) is 59.2 Å². The fourth-order valence-corrected chi connectivity index (χ4v) is 2.56. The van der Waals surface area contributed by atoms with Crippen LogP contribution in [-0.2, 0) is 16.6 Å². The van der Waals surface area contributed by atoms with Gasteiger partial charge in [-0.3, -0.25) is 0 Å². The molecule has 1 unspecified atom stereocenters. The number of methoxy groups -OCH3 is 2. The first kappa shape index (κ1) is 16.1. The first-order valence-electron chi connectivity index (χ1n) is 7.27. The molecule has 0 spiro atoms. The SMILES string of the molecule is COc1ccc(CC(C)(C=O)c2ccc(C)cc2)cc1OC. The Kier molecular flexibility index (Phi) is 4.86. The maximum Gasteiger partial charge on any atom is 0.160 e. The summed E-state index contributed by atoms with van der Waals surface area (Å²) in [4.78, 5) is 11.7. The molecule has 2 aromatic carbocycles. The summed E-state index contributed by atoms with van der Waals surface area (Å²) in [7, 11) is 3.22. The van der Waals surface area contributed by atoms with Gasteiger partial charge in [0.1, 0.15) is 6.29 Å². The van der Waals surface area contributed by atoms with Crippen molar-refractivity contribution in [3.8, 4) is 11.5 Å². The molecule has 2 rings (SSSR count). The molecule has 0 bridgehead atoms. The van der Waals surface area contributed by atoms with Gasteiger partial charge in [0.05, 0.1) is 19.6 Å². The van der Waals surface area contributed by atoms with Gasteiger partial charge in [-0.25, -0.2) is 0 Å². The number of hydrogen-bond donors (Lipinski definition) is 0. The Hall–Kier alpha value is -2.29. The van der Waals surface area contributed by atoms with Crippen LogP contribution in [0.3, 0.4) is 0 Å². The van der Waals surface area contributed by atoms with E-state index in [1.807, 2.05) is 56.3 Å². The van der Waals surface area contributed by atoms with Gasteiger partial charge in [0, 0.05) is 0 Å². The molecule has 0 aliphatic heterocycles. The first-order valence-corrected chi connectivity index (χ1v) is 7.27. The van der Waals surface area contributed by atoms with Crippen LogP contribution in [0, 0.1) is 6.92 Å². The molecule has 0 aliphatic rings. The molecule has 3 nitrogen and oxygen atoms in total. The zero-order chi connectivity index (χ0) is 16.2. The van der Waals surface area contributed by atoms with Crippen molar-refractivity contribution in [1.29, 1.82) is 0 Å². The highest BCUT2D eigenvalue weighted by molar-refractivity contribution is 5.69. The van der Waals surface area contributed by atoms with E-state index in [2.05, 4.69) is 0 Å². The highest BCUT2D eigenvalue weighted by Gasteiger charge is 2.27. The molecule has 1 atom stereocenters. The monoisotopic (exact) mass is 298 g/mol. The lowest BCUT2D eigenvalue weighted by molar-refractivity contribution is -0.112. The molecule has 0 fully saturated rings. The van der Waals surface area contributed by atoms with Gasteiger partial charge in [-0.05, 0) is 43.5 Å². The minimum absolute atomic E-state index is 0.562. The third kappa shape index (κ3) is 3.30. The normalized spacial score (nSPS) is 13.3. The molecule has 0 N–H and O–H groups in total.